The highest BCUT2D eigenvalue weighted by Crippen LogP contribution is 2.29. The summed E-state index contributed by atoms with van der Waals surface area (Å²) in [6, 6.07) is 25.6. The van der Waals surface area contributed by atoms with Crippen LogP contribution in [-0.2, 0) is 0 Å². The quantitative estimate of drug-likeness (QED) is 0.301. The highest BCUT2D eigenvalue weighted by Gasteiger charge is 2.17. The van der Waals surface area contributed by atoms with E-state index in [9.17, 15) is 19.8 Å². The molecule has 0 radical (unpaired) electrons. The second kappa shape index (κ2) is 9.57. The fourth-order valence-corrected chi connectivity index (χ4v) is 3.09. The zero-order valence-corrected chi connectivity index (χ0v) is 17.4. The minimum atomic E-state index is -0.401. The number of carbonyl (C=O) groups is 2. The van der Waals surface area contributed by atoms with Crippen LogP contribution >= 0.6 is 0 Å². The SMILES string of the molecule is O=C(Nc1ccc(O)cc1)c1ccccc1Oc1ccccc1C(=O)Nc1ccc(O)cc1. The molecule has 0 spiro atoms. The third kappa shape index (κ3) is 5.29. The lowest BCUT2D eigenvalue weighted by molar-refractivity contribution is 0.101. The van der Waals surface area contributed by atoms with E-state index in [-0.39, 0.29) is 34.1 Å². The highest BCUT2D eigenvalue weighted by atomic mass is 16.5. The maximum absolute atomic E-state index is 12.8. The normalized spacial score (nSPS) is 10.3. The Bertz CT molecular complexity index is 1180. The van der Waals surface area contributed by atoms with Gasteiger partial charge in [0.05, 0.1) is 11.1 Å². The maximum atomic E-state index is 12.8. The number of ether oxygens (including phenoxy) is 1. The Morgan fingerprint density at radius 1 is 0.545 bits per heavy atom. The maximum Gasteiger partial charge on any atom is 0.259 e. The minimum Gasteiger partial charge on any atom is -0.508 e. The Morgan fingerprint density at radius 2 is 0.909 bits per heavy atom. The standard InChI is InChI=1S/C26H20N2O5/c29-19-13-9-17(10-14-19)27-25(31)21-5-1-3-7-23(21)33-24-8-4-2-6-22(24)26(32)28-18-11-15-20(30)16-12-18/h1-16,29-30H,(H,27,31)(H,28,32). The van der Waals surface area contributed by atoms with Crippen molar-refractivity contribution in [3.63, 3.8) is 0 Å². The molecule has 4 aromatic carbocycles. The fourth-order valence-electron chi connectivity index (χ4n) is 3.09. The van der Waals surface area contributed by atoms with Gasteiger partial charge in [0.15, 0.2) is 0 Å². The molecule has 164 valence electrons. The van der Waals surface area contributed by atoms with Crippen molar-refractivity contribution in [2.75, 3.05) is 10.6 Å². The van der Waals surface area contributed by atoms with E-state index in [2.05, 4.69) is 10.6 Å². The summed E-state index contributed by atoms with van der Waals surface area (Å²) in [5, 5.41) is 24.3. The van der Waals surface area contributed by atoms with Gasteiger partial charge in [0, 0.05) is 11.4 Å². The van der Waals surface area contributed by atoms with Gasteiger partial charge in [-0.1, -0.05) is 24.3 Å². The Balaban J connectivity index is 1.56. The van der Waals surface area contributed by atoms with Gasteiger partial charge in [0.1, 0.15) is 23.0 Å². The van der Waals surface area contributed by atoms with Crippen molar-refractivity contribution in [3.8, 4) is 23.0 Å². The summed E-state index contributed by atoms with van der Waals surface area (Å²) in [5.41, 5.74) is 1.58. The molecular weight excluding hydrogens is 420 g/mol. The zero-order valence-electron chi connectivity index (χ0n) is 17.4. The van der Waals surface area contributed by atoms with Crippen LogP contribution in [0.3, 0.4) is 0 Å². The van der Waals surface area contributed by atoms with Crippen molar-refractivity contribution < 1.29 is 24.5 Å². The van der Waals surface area contributed by atoms with Gasteiger partial charge in [0.25, 0.3) is 11.8 Å². The molecule has 7 heteroatoms. The van der Waals surface area contributed by atoms with E-state index >= 15 is 0 Å². The smallest absolute Gasteiger partial charge is 0.259 e. The van der Waals surface area contributed by atoms with Gasteiger partial charge in [-0.05, 0) is 72.8 Å². The molecule has 0 aliphatic heterocycles. The third-order valence-electron chi connectivity index (χ3n) is 4.73. The van der Waals surface area contributed by atoms with Gasteiger partial charge in [-0.25, -0.2) is 0 Å². The Hall–Kier alpha value is -4.78. The molecule has 0 aliphatic carbocycles. The number of nitrogens with one attached hydrogen (secondary N) is 2. The van der Waals surface area contributed by atoms with Crippen molar-refractivity contribution in [2.24, 2.45) is 0 Å². The van der Waals surface area contributed by atoms with Crippen molar-refractivity contribution >= 4 is 23.2 Å². The molecule has 4 rings (SSSR count). The van der Waals surface area contributed by atoms with Crippen LogP contribution in [0.25, 0.3) is 0 Å². The van der Waals surface area contributed by atoms with Crippen LogP contribution in [0.4, 0.5) is 11.4 Å². The molecule has 0 atom stereocenters. The van der Waals surface area contributed by atoms with E-state index < -0.39 is 11.8 Å². The molecule has 0 bridgehead atoms. The lowest BCUT2D eigenvalue weighted by Gasteiger charge is -2.14. The number of anilines is 2. The predicted octanol–water partition coefficient (Wildman–Crippen LogP) is 5.39. The van der Waals surface area contributed by atoms with Crippen LogP contribution in [0.1, 0.15) is 20.7 Å². The molecule has 7 nitrogen and oxygen atoms in total. The first-order valence-electron chi connectivity index (χ1n) is 10.1. The molecule has 4 aromatic rings. The number of rotatable bonds is 6. The molecule has 4 N–H and O–H groups in total. The van der Waals surface area contributed by atoms with Crippen molar-refractivity contribution in [1.29, 1.82) is 0 Å². The van der Waals surface area contributed by atoms with Gasteiger partial charge < -0.3 is 25.6 Å². The minimum absolute atomic E-state index is 0.0962. The van der Waals surface area contributed by atoms with E-state index in [1.807, 2.05) is 0 Å². The predicted molar refractivity (Wildman–Crippen MR) is 125 cm³/mol. The fraction of sp³-hybridized carbons (Fsp3) is 0. The second-order valence-corrected chi connectivity index (χ2v) is 7.10. The molecular formula is C26H20N2O5. The molecule has 0 fully saturated rings. The van der Waals surface area contributed by atoms with Gasteiger partial charge >= 0.3 is 0 Å². The number of benzene rings is 4. The van der Waals surface area contributed by atoms with Crippen LogP contribution in [0.15, 0.2) is 97.1 Å². The summed E-state index contributed by atoms with van der Waals surface area (Å²) in [6.07, 6.45) is 0. The summed E-state index contributed by atoms with van der Waals surface area (Å²) in [5.74, 6) is -0.0557. The molecule has 0 unspecified atom stereocenters. The van der Waals surface area contributed by atoms with Crippen LogP contribution in [0.2, 0.25) is 0 Å². The third-order valence-corrected chi connectivity index (χ3v) is 4.73. The first-order chi connectivity index (χ1) is 16.0. The van der Waals surface area contributed by atoms with Gasteiger partial charge in [-0.15, -0.1) is 0 Å². The van der Waals surface area contributed by atoms with Crippen molar-refractivity contribution in [1.82, 2.24) is 0 Å². The Morgan fingerprint density at radius 3 is 1.30 bits per heavy atom. The lowest BCUT2D eigenvalue weighted by atomic mass is 10.1. The number of para-hydroxylation sites is 2. The first kappa shape index (κ1) is 21.5. The van der Waals surface area contributed by atoms with Crippen molar-refractivity contribution in [3.05, 3.63) is 108 Å². The molecule has 0 saturated carbocycles. The highest BCUT2D eigenvalue weighted by molar-refractivity contribution is 6.07. The summed E-state index contributed by atoms with van der Waals surface area (Å²) in [6.45, 7) is 0. The molecule has 0 saturated heterocycles. The van der Waals surface area contributed by atoms with E-state index in [1.165, 1.54) is 24.3 Å². The second-order valence-electron chi connectivity index (χ2n) is 7.10. The number of aromatic hydroxyl groups is 2. The number of hydrogen-bond donors (Lipinski definition) is 4. The number of hydrogen-bond acceptors (Lipinski definition) is 5. The monoisotopic (exact) mass is 440 g/mol. The van der Waals surface area contributed by atoms with E-state index in [0.717, 1.165) is 0 Å². The van der Waals surface area contributed by atoms with E-state index in [4.69, 9.17) is 4.74 Å². The molecule has 0 heterocycles. The summed E-state index contributed by atoms with van der Waals surface area (Å²) in [7, 11) is 0. The number of carbonyl (C=O) groups excluding carboxylic acids is 2. The number of amides is 2. The van der Waals surface area contributed by atoms with Crippen LogP contribution < -0.4 is 15.4 Å². The topological polar surface area (TPSA) is 108 Å². The molecule has 0 aliphatic rings. The molecule has 0 aromatic heterocycles. The number of phenolic OH excluding ortho intramolecular Hbond substituents is 2. The summed E-state index contributed by atoms with van der Waals surface area (Å²) >= 11 is 0. The zero-order chi connectivity index (χ0) is 23.2. The Kier molecular flexibility index (Phi) is 6.22. The van der Waals surface area contributed by atoms with Crippen LogP contribution in [-0.4, -0.2) is 22.0 Å². The largest absolute Gasteiger partial charge is 0.508 e. The van der Waals surface area contributed by atoms with Gasteiger partial charge in [0.2, 0.25) is 0 Å². The lowest BCUT2D eigenvalue weighted by Crippen LogP contribution is -2.14. The van der Waals surface area contributed by atoms with Gasteiger partial charge in [-0.3, -0.25) is 9.59 Å². The van der Waals surface area contributed by atoms with Crippen LogP contribution in [0.5, 0.6) is 23.0 Å². The summed E-state index contributed by atoms with van der Waals surface area (Å²) in [4.78, 5) is 25.7. The van der Waals surface area contributed by atoms with E-state index in [1.54, 1.807) is 72.8 Å². The number of phenols is 2. The van der Waals surface area contributed by atoms with Gasteiger partial charge in [-0.2, -0.15) is 0 Å². The first-order valence-corrected chi connectivity index (χ1v) is 10.1. The average Bonchev–Trinajstić information content (AvgIpc) is 2.82. The average molecular weight is 440 g/mol. The van der Waals surface area contributed by atoms with Crippen LogP contribution in [0, 0.1) is 0 Å². The molecule has 2 amide bonds. The summed E-state index contributed by atoms with van der Waals surface area (Å²) < 4.78 is 5.99. The molecule has 33 heavy (non-hydrogen) atoms. The van der Waals surface area contributed by atoms with Crippen molar-refractivity contribution in [2.45, 2.75) is 0 Å². The van der Waals surface area contributed by atoms with E-state index in [0.29, 0.717) is 11.4 Å². The Labute approximate surface area is 189 Å².